The van der Waals surface area contributed by atoms with Gasteiger partial charge in [-0.05, 0) is 51.4 Å². The topological polar surface area (TPSA) is 61.8 Å². The van der Waals surface area contributed by atoms with Gasteiger partial charge in [-0.15, -0.1) is 0 Å². The zero-order chi connectivity index (χ0) is 27.8. The summed E-state index contributed by atoms with van der Waals surface area (Å²) in [6.07, 6.45) is 1.97. The molecule has 1 aliphatic heterocycles. The molecule has 0 bridgehead atoms. The number of nitrogens with one attached hydrogen (secondary N) is 1. The van der Waals surface area contributed by atoms with Crippen LogP contribution in [0.15, 0.2) is 120 Å². The van der Waals surface area contributed by atoms with E-state index < -0.39 is 0 Å². The predicted molar refractivity (Wildman–Crippen MR) is 167 cm³/mol. The first-order valence-corrected chi connectivity index (χ1v) is 13.8. The van der Waals surface area contributed by atoms with E-state index in [1.807, 2.05) is 60.8 Å². The molecule has 0 unspecified atom stereocenters. The predicted octanol–water partition coefficient (Wildman–Crippen LogP) is 7.47. The van der Waals surface area contributed by atoms with Crippen molar-refractivity contribution in [2.75, 3.05) is 18.4 Å². The lowest BCUT2D eigenvalue weighted by atomic mass is 9.92. The fourth-order valence-corrected chi connectivity index (χ4v) is 5.81. The van der Waals surface area contributed by atoms with Crippen molar-refractivity contribution in [3.63, 3.8) is 0 Å². The summed E-state index contributed by atoms with van der Waals surface area (Å²) in [4.78, 5) is 32.9. The number of carbonyl (C=O) groups excluding carboxylic acids is 2. The maximum absolute atomic E-state index is 13.4. The number of carbonyl (C=O) groups is 2. The van der Waals surface area contributed by atoms with E-state index in [4.69, 9.17) is 4.99 Å². The Labute approximate surface area is 237 Å². The molecule has 1 aliphatic rings. The minimum absolute atomic E-state index is 0.248. The second-order valence-corrected chi connectivity index (χ2v) is 10.3. The lowest BCUT2D eigenvalue weighted by molar-refractivity contribution is 0.0598. The molecule has 0 atom stereocenters. The number of rotatable bonds is 7. The number of hydrogen-bond donors (Lipinski definition) is 1. The Morgan fingerprint density at radius 3 is 2.02 bits per heavy atom. The molecule has 0 saturated carbocycles. The molecule has 6 aromatic rings. The van der Waals surface area contributed by atoms with E-state index in [-0.39, 0.29) is 18.4 Å². The Balaban J connectivity index is 1.13. The number of amides is 2. The van der Waals surface area contributed by atoms with Gasteiger partial charge in [-0.3, -0.25) is 19.5 Å². The molecule has 0 radical (unpaired) electrons. The van der Waals surface area contributed by atoms with E-state index in [9.17, 15) is 9.59 Å². The fourth-order valence-electron chi connectivity index (χ4n) is 5.81. The highest BCUT2D eigenvalue weighted by atomic mass is 16.2. The van der Waals surface area contributed by atoms with Crippen molar-refractivity contribution in [2.45, 2.75) is 6.54 Å². The van der Waals surface area contributed by atoms with E-state index in [0.29, 0.717) is 29.6 Å². The Morgan fingerprint density at radius 2 is 1.29 bits per heavy atom. The third-order valence-electron chi connectivity index (χ3n) is 7.76. The van der Waals surface area contributed by atoms with Gasteiger partial charge in [-0.1, -0.05) is 91.0 Å². The Hall–Kier alpha value is -5.29. The summed E-state index contributed by atoms with van der Waals surface area (Å²) < 4.78 is 0. The molecule has 0 aromatic heterocycles. The van der Waals surface area contributed by atoms with Crippen LogP contribution in [0.3, 0.4) is 0 Å². The molecule has 5 heteroatoms. The van der Waals surface area contributed by atoms with Crippen LogP contribution in [0.4, 0.5) is 5.69 Å². The van der Waals surface area contributed by atoms with Crippen molar-refractivity contribution in [1.29, 1.82) is 0 Å². The van der Waals surface area contributed by atoms with Crippen LogP contribution in [0.1, 0.15) is 31.8 Å². The Morgan fingerprint density at radius 1 is 0.659 bits per heavy atom. The highest BCUT2D eigenvalue weighted by Gasteiger charge is 2.33. The largest absolute Gasteiger partial charge is 0.383 e. The maximum Gasteiger partial charge on any atom is 0.261 e. The molecule has 1 heterocycles. The number of aliphatic imine (C=N–C) groups is 1. The number of imide groups is 1. The fraction of sp³-hybridized carbons (Fsp3) is 0.0833. The third kappa shape index (κ3) is 4.42. The first kappa shape index (κ1) is 24.7. The van der Waals surface area contributed by atoms with Gasteiger partial charge in [0.2, 0.25) is 0 Å². The van der Waals surface area contributed by atoms with Crippen LogP contribution in [0.5, 0.6) is 0 Å². The third-order valence-corrected chi connectivity index (χ3v) is 7.76. The molecule has 0 saturated heterocycles. The summed E-state index contributed by atoms with van der Waals surface area (Å²) in [5, 5.41) is 9.81. The molecular weight excluding hydrogens is 506 g/mol. The highest BCUT2D eigenvalue weighted by Crippen LogP contribution is 2.35. The summed E-state index contributed by atoms with van der Waals surface area (Å²) in [6.45, 7) is 1.43. The number of fused-ring (bicyclic) bond motifs is 2. The average Bonchev–Trinajstić information content (AvgIpc) is 3.02. The number of hydrogen-bond acceptors (Lipinski definition) is 4. The molecule has 0 spiro atoms. The molecule has 198 valence electrons. The van der Waals surface area contributed by atoms with Gasteiger partial charge in [-0.2, -0.15) is 0 Å². The van der Waals surface area contributed by atoms with Gasteiger partial charge < -0.3 is 5.32 Å². The monoisotopic (exact) mass is 533 g/mol. The second-order valence-electron chi connectivity index (χ2n) is 10.3. The van der Waals surface area contributed by atoms with Crippen LogP contribution in [0.2, 0.25) is 0 Å². The van der Waals surface area contributed by atoms with Crippen molar-refractivity contribution in [3.8, 4) is 0 Å². The van der Waals surface area contributed by atoms with Crippen molar-refractivity contribution < 1.29 is 9.59 Å². The molecule has 0 fully saturated rings. The molecule has 5 nitrogen and oxygen atoms in total. The molecule has 2 amide bonds. The molecule has 41 heavy (non-hydrogen) atoms. The molecule has 0 aliphatic carbocycles. The SMILES string of the molecule is O=C1c2cccc3c(NCCN=Cc4c5ccccc5cc5ccccc45)ccc(c23)C(=O)N1Cc1ccccc1. The Kier molecular flexibility index (Phi) is 6.25. The standard InChI is InChI=1S/C36H27N3O2/c40-35-30-16-8-15-29-33(18-17-31(34(29)30)36(41)39(35)23-24-9-2-1-3-10-24)38-20-19-37-22-32-27-13-6-4-11-25(27)21-26-12-5-7-14-28(26)32/h1-18,21-22,38H,19-20,23H2. The van der Waals surface area contributed by atoms with E-state index >= 15 is 0 Å². The van der Waals surface area contributed by atoms with Crippen molar-refractivity contribution >= 4 is 56.0 Å². The number of benzene rings is 6. The van der Waals surface area contributed by atoms with Crippen LogP contribution in [0, 0.1) is 0 Å². The van der Waals surface area contributed by atoms with Gasteiger partial charge in [0.15, 0.2) is 0 Å². The van der Waals surface area contributed by atoms with Gasteiger partial charge >= 0.3 is 0 Å². The second kappa shape index (κ2) is 10.4. The average molecular weight is 534 g/mol. The van der Waals surface area contributed by atoms with E-state index in [1.54, 1.807) is 6.07 Å². The lowest BCUT2D eigenvalue weighted by Gasteiger charge is -2.28. The lowest BCUT2D eigenvalue weighted by Crippen LogP contribution is -2.39. The van der Waals surface area contributed by atoms with Crippen molar-refractivity contribution in [3.05, 3.63) is 138 Å². The molecular formula is C36H27N3O2. The Bertz CT molecular complexity index is 1920. The molecule has 1 N–H and O–H groups in total. The van der Waals surface area contributed by atoms with Crippen molar-refractivity contribution in [2.24, 2.45) is 4.99 Å². The molecule has 6 aromatic carbocycles. The van der Waals surface area contributed by atoms with Gasteiger partial charge in [0, 0.05) is 45.9 Å². The maximum atomic E-state index is 13.4. The summed E-state index contributed by atoms with van der Waals surface area (Å²) in [5.74, 6) is -0.526. The van der Waals surface area contributed by atoms with Crippen LogP contribution in [0.25, 0.3) is 32.3 Å². The van der Waals surface area contributed by atoms with E-state index in [2.05, 4.69) is 59.9 Å². The van der Waals surface area contributed by atoms with Gasteiger partial charge in [0.1, 0.15) is 0 Å². The summed E-state index contributed by atoms with van der Waals surface area (Å²) in [7, 11) is 0. The first-order chi connectivity index (χ1) is 20.2. The highest BCUT2D eigenvalue weighted by molar-refractivity contribution is 6.26. The van der Waals surface area contributed by atoms with Crippen LogP contribution in [-0.4, -0.2) is 36.0 Å². The minimum atomic E-state index is -0.263. The van der Waals surface area contributed by atoms with Gasteiger partial charge in [-0.25, -0.2) is 0 Å². The quantitative estimate of drug-likeness (QED) is 0.100. The van der Waals surface area contributed by atoms with Gasteiger partial charge in [0.25, 0.3) is 11.8 Å². The normalized spacial score (nSPS) is 13.1. The first-order valence-electron chi connectivity index (χ1n) is 13.8. The smallest absolute Gasteiger partial charge is 0.261 e. The summed E-state index contributed by atoms with van der Waals surface area (Å²) >= 11 is 0. The summed E-state index contributed by atoms with van der Waals surface area (Å²) in [6, 6.07) is 38.0. The molecule has 7 rings (SSSR count). The summed E-state index contributed by atoms with van der Waals surface area (Å²) in [5.41, 5.74) is 4.03. The number of anilines is 1. The van der Waals surface area contributed by atoms with Crippen LogP contribution >= 0.6 is 0 Å². The number of nitrogens with zero attached hydrogens (tertiary/aromatic N) is 2. The van der Waals surface area contributed by atoms with E-state index in [1.165, 1.54) is 26.4 Å². The zero-order valence-electron chi connectivity index (χ0n) is 22.4. The van der Waals surface area contributed by atoms with Gasteiger partial charge in [0.05, 0.1) is 13.1 Å². The van der Waals surface area contributed by atoms with Crippen LogP contribution < -0.4 is 5.32 Å². The van der Waals surface area contributed by atoms with Crippen molar-refractivity contribution in [1.82, 2.24) is 4.90 Å². The van der Waals surface area contributed by atoms with E-state index in [0.717, 1.165) is 22.2 Å². The minimum Gasteiger partial charge on any atom is -0.383 e. The van der Waals surface area contributed by atoms with Crippen LogP contribution in [-0.2, 0) is 6.54 Å². The zero-order valence-corrected chi connectivity index (χ0v) is 22.4.